The summed E-state index contributed by atoms with van der Waals surface area (Å²) in [4.78, 5) is 44.8. The Balaban J connectivity index is 0.000000111. The molecule has 678 valence electrons. The van der Waals surface area contributed by atoms with E-state index >= 15 is 0 Å². The van der Waals surface area contributed by atoms with Gasteiger partial charge in [-0.05, 0) is 0 Å². The first-order valence-corrected chi connectivity index (χ1v) is 53.6. The molecular weight excluding hydrogens is 1960 g/mol. The summed E-state index contributed by atoms with van der Waals surface area (Å²) < 4.78 is 8.74. The van der Waals surface area contributed by atoms with Crippen LogP contribution in [0.1, 0.15) is 0 Å². The quantitative estimate of drug-likeness (QED) is 0.0731. The van der Waals surface area contributed by atoms with Crippen LogP contribution >= 0.6 is 0 Å². The number of rotatable bonds is 15. The van der Waals surface area contributed by atoms with Gasteiger partial charge in [0.25, 0.3) is 0 Å². The molecule has 0 radical (unpaired) electrons. The fourth-order valence-electron chi connectivity index (χ4n) is 20.1. The standard InChI is InChI=1S/C47H29N3Se.2C43H27N3Se/c1-4-14-30(15-5-1)35-22-12-23-38-39-24-13-25-40(44(39)51-43(35)38)42-28-33-26-27-34(29-41(33)36-20-10-11-21-37(36)42)47-49-45(31-16-6-2-7-17-31)48-46(50-47)32-18-8-3-9-19-32;1-4-13-28(14-5-1)33-20-11-22-35-36-23-12-21-34(40(36)47-39(33)35)32-26-25-29-19-10-24-37(38(29)27-32)43-45-41(30-15-6-2-7-16-30)44-42(46-43)31-17-8-3-9-18-31;1-4-12-29(13-5-1)35-18-10-20-37-38-21-11-19-36(40(38)47-39(35)37)32-24-22-28-23-25-33(27-34(28)26-32)43-45-41(30-14-6-2-7-15-30)44-42(46-43)31-16-8-3-9-17-31/h1-29H;2*1-27H. The molecule has 0 saturated carbocycles. The average Bonchev–Trinajstić information content (AvgIpc) is 1.62. The fraction of sp³-hybridized carbons (Fsp3) is 0. The Morgan fingerprint density at radius 3 is 0.697 bits per heavy atom. The first-order valence-electron chi connectivity index (χ1n) is 48.5. The normalized spacial score (nSPS) is 11.4. The molecule has 0 saturated heterocycles. The van der Waals surface area contributed by atoms with Crippen LogP contribution in [0.4, 0.5) is 0 Å². The Morgan fingerprint density at radius 1 is 0.103 bits per heavy atom. The van der Waals surface area contributed by atoms with Gasteiger partial charge < -0.3 is 0 Å². The monoisotopic (exact) mass is 2050 g/mol. The molecule has 6 heterocycles. The van der Waals surface area contributed by atoms with E-state index in [0.29, 0.717) is 52.4 Å². The Hall–Kier alpha value is -17.5. The maximum atomic E-state index is 5.06. The van der Waals surface area contributed by atoms with Crippen molar-refractivity contribution in [2.75, 3.05) is 0 Å². The van der Waals surface area contributed by atoms with E-state index in [4.69, 9.17) is 44.9 Å². The molecule has 0 aliphatic rings. The van der Waals surface area contributed by atoms with Crippen LogP contribution < -0.4 is 0 Å². The molecule has 22 aromatic carbocycles. The summed E-state index contributed by atoms with van der Waals surface area (Å²) in [5.74, 6) is 5.98. The van der Waals surface area contributed by atoms with Gasteiger partial charge in [-0.25, -0.2) is 0 Å². The van der Waals surface area contributed by atoms with Gasteiger partial charge in [-0.1, -0.05) is 109 Å². The van der Waals surface area contributed by atoms with Crippen molar-refractivity contribution in [3.05, 3.63) is 504 Å². The summed E-state index contributed by atoms with van der Waals surface area (Å²) in [6.07, 6.45) is 0. The Kier molecular flexibility index (Phi) is 23.3. The van der Waals surface area contributed by atoms with Gasteiger partial charge in [0, 0.05) is 0 Å². The van der Waals surface area contributed by atoms with E-state index in [2.05, 4.69) is 322 Å². The molecule has 0 spiro atoms. The van der Waals surface area contributed by atoms with Crippen molar-refractivity contribution in [3.63, 3.8) is 0 Å². The number of nitrogens with zero attached hydrogens (tertiary/aromatic N) is 9. The molecule has 9 nitrogen and oxygen atoms in total. The summed E-state index contributed by atoms with van der Waals surface area (Å²) >= 11 is 0.530. The third-order valence-electron chi connectivity index (χ3n) is 27.2. The molecule has 0 unspecified atom stereocenters. The SMILES string of the molecule is c1ccc(-c2nc(-c3ccccc3)nc(-c3ccc4cc(-c5cccc6c5[se]c5c(-c7ccccc7)cccc56)c5ccccc5c4c3)n2)cc1.c1ccc(-c2nc(-c3ccccc3)nc(-c3ccc4ccc(-c5cccc6c5[se]c5c(-c7ccccc7)cccc56)cc4c3)n2)cc1.c1ccc(-c2nc(-c3ccccc3)nc(-c3cccc4ccc(-c5cccc6c5[se]c5c(-c7ccccc7)cccc56)cc34)n2)cc1. The number of benzene rings is 22. The number of aromatic nitrogens is 9. The van der Waals surface area contributed by atoms with Crippen LogP contribution in [0.2, 0.25) is 0 Å². The average molecular weight is 2040 g/mol. The van der Waals surface area contributed by atoms with Gasteiger partial charge in [0.05, 0.1) is 0 Å². The summed E-state index contributed by atoms with van der Waals surface area (Å²) in [6.45, 7) is 0. The Bertz CT molecular complexity index is 9630. The van der Waals surface area contributed by atoms with Crippen molar-refractivity contribution in [3.8, 4) is 169 Å². The minimum atomic E-state index is 0.166. The molecule has 28 rings (SSSR count). The van der Waals surface area contributed by atoms with Crippen LogP contribution in [0.3, 0.4) is 0 Å². The second-order valence-electron chi connectivity index (χ2n) is 36.0. The molecule has 6 aromatic heterocycles. The predicted molar refractivity (Wildman–Crippen MR) is 607 cm³/mol. The van der Waals surface area contributed by atoms with E-state index < -0.39 is 0 Å². The minimum absolute atomic E-state index is 0.166. The zero-order valence-corrected chi connectivity index (χ0v) is 83.3. The van der Waals surface area contributed by atoms with Crippen LogP contribution in [0.15, 0.2) is 504 Å². The first kappa shape index (κ1) is 87.7. The van der Waals surface area contributed by atoms with Crippen LogP contribution in [0, 0.1) is 0 Å². The van der Waals surface area contributed by atoms with Crippen molar-refractivity contribution in [2.45, 2.75) is 0 Å². The van der Waals surface area contributed by atoms with E-state index in [0.717, 1.165) is 66.2 Å². The van der Waals surface area contributed by atoms with E-state index in [1.807, 2.05) is 182 Å². The first-order chi connectivity index (χ1) is 71.9. The Morgan fingerprint density at radius 2 is 0.338 bits per heavy atom. The Labute approximate surface area is 854 Å². The third kappa shape index (κ3) is 17.0. The molecule has 12 heteroatoms. The molecule has 145 heavy (non-hydrogen) atoms. The van der Waals surface area contributed by atoms with Gasteiger partial charge >= 0.3 is 753 Å². The van der Waals surface area contributed by atoms with Crippen molar-refractivity contribution >= 4 is 144 Å². The molecule has 0 N–H and O–H groups in total. The van der Waals surface area contributed by atoms with Gasteiger partial charge in [0.2, 0.25) is 0 Å². The summed E-state index contributed by atoms with van der Waals surface area (Å²) in [7, 11) is 0. The molecule has 0 atom stereocenters. The molecule has 0 fully saturated rings. The fourth-order valence-corrected chi connectivity index (χ4v) is 28.7. The number of hydrogen-bond donors (Lipinski definition) is 0. The predicted octanol–water partition coefficient (Wildman–Crippen LogP) is 33.3. The van der Waals surface area contributed by atoms with Gasteiger partial charge in [0.15, 0.2) is 0 Å². The van der Waals surface area contributed by atoms with Crippen LogP contribution in [-0.4, -0.2) is 88.4 Å². The van der Waals surface area contributed by atoms with E-state index in [1.54, 1.807) is 0 Å². The van der Waals surface area contributed by atoms with E-state index in [-0.39, 0.29) is 43.5 Å². The van der Waals surface area contributed by atoms with Gasteiger partial charge in [-0.3, -0.25) is 0 Å². The summed E-state index contributed by atoms with van der Waals surface area (Å²) in [6, 6.07) is 178. The zero-order valence-electron chi connectivity index (χ0n) is 78.2. The van der Waals surface area contributed by atoms with Crippen molar-refractivity contribution in [2.24, 2.45) is 0 Å². The van der Waals surface area contributed by atoms with Crippen LogP contribution in [0.5, 0.6) is 0 Å². The summed E-state index contributed by atoms with van der Waals surface area (Å²) in [5.41, 5.74) is 24.2. The molecule has 0 aliphatic heterocycles. The van der Waals surface area contributed by atoms with Crippen molar-refractivity contribution in [1.29, 1.82) is 0 Å². The van der Waals surface area contributed by atoms with Crippen LogP contribution in [0.25, 0.3) is 270 Å². The number of hydrogen-bond acceptors (Lipinski definition) is 9. The van der Waals surface area contributed by atoms with E-state index in [9.17, 15) is 0 Å². The van der Waals surface area contributed by atoms with E-state index in [1.165, 1.54) is 152 Å². The second kappa shape index (κ2) is 38.5. The topological polar surface area (TPSA) is 116 Å². The summed E-state index contributed by atoms with van der Waals surface area (Å²) in [5, 5.41) is 17.6. The molecule has 0 amide bonds. The molecule has 0 bridgehead atoms. The molecule has 28 aromatic rings. The molecular formula is C133H83N9Se3. The van der Waals surface area contributed by atoms with Gasteiger partial charge in [0.1, 0.15) is 0 Å². The van der Waals surface area contributed by atoms with Gasteiger partial charge in [-0.15, -0.1) is 0 Å². The van der Waals surface area contributed by atoms with Gasteiger partial charge in [-0.2, -0.15) is 0 Å². The van der Waals surface area contributed by atoms with Crippen molar-refractivity contribution < 1.29 is 0 Å². The van der Waals surface area contributed by atoms with Crippen molar-refractivity contribution in [1.82, 2.24) is 44.9 Å². The molecule has 0 aliphatic carbocycles. The van der Waals surface area contributed by atoms with Crippen LogP contribution in [-0.2, 0) is 0 Å². The number of fused-ring (bicyclic) bond motifs is 14. The zero-order chi connectivity index (χ0) is 96.0. The second-order valence-corrected chi connectivity index (χ2v) is 42.5. The third-order valence-corrected chi connectivity index (χ3v) is 35.3. The maximum absolute atomic E-state index is 5.06.